The van der Waals surface area contributed by atoms with E-state index in [-0.39, 0.29) is 48.5 Å². The molecule has 3 aliphatic rings. The second-order valence-electron chi connectivity index (χ2n) is 9.55. The number of carboxylic acid groups (broad SMARTS) is 2. The number of carboxylic acids is 2. The molecule has 13 heteroatoms. The molecule has 0 bridgehead atoms. The third kappa shape index (κ3) is 12.9. The number of carbonyl (C=O) groups is 5. The van der Waals surface area contributed by atoms with E-state index in [1.54, 1.807) is 0 Å². The van der Waals surface area contributed by atoms with Gasteiger partial charge in [-0.05, 0) is 32.2 Å². The molecule has 3 aliphatic heterocycles. The monoisotopic (exact) mass is 560 g/mol. The first-order chi connectivity index (χ1) is 18.1. The van der Waals surface area contributed by atoms with Gasteiger partial charge in [0.05, 0.1) is 12.1 Å². The Balaban J connectivity index is 0.000000300. The number of nitrogens with zero attached hydrogens (tertiary/aromatic N) is 1. The molecular weight excluding hydrogens is 516 g/mol. The van der Waals surface area contributed by atoms with Crippen molar-refractivity contribution in [3.8, 4) is 0 Å². The molecular formula is C25H44N4O8S. The number of fused-ring (bicyclic) bond motifs is 1. The van der Waals surface area contributed by atoms with Crippen LogP contribution in [0.15, 0.2) is 0 Å². The number of urea groups is 1. The molecule has 3 fully saturated rings. The number of imide groups is 1. The predicted molar refractivity (Wildman–Crippen MR) is 143 cm³/mol. The Labute approximate surface area is 228 Å². The summed E-state index contributed by atoms with van der Waals surface area (Å²) < 4.78 is 0. The topological polar surface area (TPSA) is 185 Å². The summed E-state index contributed by atoms with van der Waals surface area (Å²) in [6.45, 7) is 5.05. The van der Waals surface area contributed by atoms with E-state index in [0.29, 0.717) is 5.25 Å². The number of unbranched alkanes of at least 4 members (excludes halogenated alkanes) is 4. The van der Waals surface area contributed by atoms with Crippen molar-refractivity contribution in [1.82, 2.24) is 21.0 Å². The summed E-state index contributed by atoms with van der Waals surface area (Å²) in [5.41, 5.74) is 0. The minimum atomic E-state index is -0.729. The number of hydrogen-bond donors (Lipinski definition) is 6. The van der Waals surface area contributed by atoms with E-state index < -0.39 is 23.8 Å². The summed E-state index contributed by atoms with van der Waals surface area (Å²) in [5.74, 6) is -1.49. The highest BCUT2D eigenvalue weighted by molar-refractivity contribution is 8.00. The fourth-order valence-electron chi connectivity index (χ4n) is 4.20. The smallest absolute Gasteiger partial charge is 0.320 e. The van der Waals surface area contributed by atoms with Gasteiger partial charge in [0.25, 0.3) is 11.8 Å². The molecule has 3 rings (SSSR count). The SMILES string of the molecule is CCCCCNC(CCCC)C(=O)O.O=C(O)CCCC[C@@H]1SC[C@@H]2NC(=O)N[C@@H]21.O=C1CCC(=O)N1O. The Kier molecular flexibility index (Phi) is 16.6. The van der Waals surface area contributed by atoms with Gasteiger partial charge in [0.15, 0.2) is 0 Å². The lowest BCUT2D eigenvalue weighted by molar-refractivity contribution is -0.171. The third-order valence-electron chi connectivity index (χ3n) is 6.41. The van der Waals surface area contributed by atoms with Crippen LogP contribution in [-0.4, -0.2) is 85.9 Å². The van der Waals surface area contributed by atoms with Crippen molar-refractivity contribution in [1.29, 1.82) is 0 Å². The number of nitrogens with one attached hydrogen (secondary N) is 3. The highest BCUT2D eigenvalue weighted by Crippen LogP contribution is 2.33. The van der Waals surface area contributed by atoms with Gasteiger partial charge in [-0.2, -0.15) is 16.8 Å². The van der Waals surface area contributed by atoms with E-state index in [1.165, 1.54) is 12.8 Å². The van der Waals surface area contributed by atoms with Crippen molar-refractivity contribution in [2.45, 2.75) is 114 Å². The van der Waals surface area contributed by atoms with Crippen LogP contribution >= 0.6 is 11.8 Å². The van der Waals surface area contributed by atoms with Crippen LogP contribution in [0.2, 0.25) is 0 Å². The van der Waals surface area contributed by atoms with Crippen molar-refractivity contribution in [3.63, 3.8) is 0 Å². The maximum Gasteiger partial charge on any atom is 0.320 e. The second kappa shape index (κ2) is 18.8. The molecule has 0 saturated carbocycles. The molecule has 3 heterocycles. The van der Waals surface area contributed by atoms with E-state index in [0.717, 1.165) is 57.2 Å². The lowest BCUT2D eigenvalue weighted by atomic mass is 10.0. The zero-order chi connectivity index (χ0) is 28.5. The summed E-state index contributed by atoms with van der Waals surface area (Å²) in [4.78, 5) is 52.7. The molecule has 6 N–H and O–H groups in total. The summed E-state index contributed by atoms with van der Waals surface area (Å²) in [5, 5.41) is 35.3. The molecule has 4 atom stereocenters. The molecule has 0 aromatic heterocycles. The van der Waals surface area contributed by atoms with E-state index in [9.17, 15) is 24.0 Å². The van der Waals surface area contributed by atoms with Crippen molar-refractivity contribution >= 4 is 41.5 Å². The fourth-order valence-corrected chi connectivity index (χ4v) is 5.75. The average Bonchev–Trinajstić information content (AvgIpc) is 3.52. The second-order valence-corrected chi connectivity index (χ2v) is 10.8. The van der Waals surface area contributed by atoms with Crippen LogP contribution in [-0.2, 0) is 19.2 Å². The molecule has 0 spiro atoms. The Hall–Kier alpha value is -2.38. The van der Waals surface area contributed by atoms with E-state index in [4.69, 9.17) is 15.4 Å². The lowest BCUT2D eigenvalue weighted by Crippen LogP contribution is -2.37. The van der Waals surface area contributed by atoms with Gasteiger partial charge in [-0.25, -0.2) is 4.79 Å². The van der Waals surface area contributed by atoms with Crippen molar-refractivity contribution in [2.75, 3.05) is 12.3 Å². The van der Waals surface area contributed by atoms with E-state index in [1.807, 2.05) is 11.8 Å². The van der Waals surface area contributed by atoms with Crippen LogP contribution in [0.3, 0.4) is 0 Å². The zero-order valence-corrected chi connectivity index (χ0v) is 23.3. The Morgan fingerprint density at radius 2 is 1.66 bits per heavy atom. The molecule has 0 radical (unpaired) electrons. The number of aliphatic carboxylic acids is 2. The van der Waals surface area contributed by atoms with Crippen molar-refractivity contribution < 1.29 is 39.4 Å². The van der Waals surface area contributed by atoms with Gasteiger partial charge in [0.1, 0.15) is 6.04 Å². The molecule has 0 aromatic rings. The summed E-state index contributed by atoms with van der Waals surface area (Å²) >= 11 is 1.87. The number of hydrogen-bond acceptors (Lipinski definition) is 8. The maximum atomic E-state index is 11.1. The Bertz CT molecular complexity index is 768. The minimum Gasteiger partial charge on any atom is -0.481 e. The molecule has 4 amide bonds. The van der Waals surface area contributed by atoms with Gasteiger partial charge in [-0.3, -0.25) is 24.4 Å². The molecule has 0 aromatic carbocycles. The number of thioether (sulfide) groups is 1. The summed E-state index contributed by atoms with van der Waals surface area (Å²) in [7, 11) is 0. The molecule has 38 heavy (non-hydrogen) atoms. The van der Waals surface area contributed by atoms with Crippen LogP contribution in [0, 0.1) is 0 Å². The molecule has 0 aliphatic carbocycles. The lowest BCUT2D eigenvalue weighted by Gasteiger charge is -2.16. The number of hydroxylamine groups is 2. The highest BCUT2D eigenvalue weighted by atomic mass is 32.2. The van der Waals surface area contributed by atoms with Gasteiger partial charge >= 0.3 is 18.0 Å². The van der Waals surface area contributed by atoms with Gasteiger partial charge in [0.2, 0.25) is 0 Å². The Morgan fingerprint density at radius 1 is 1.00 bits per heavy atom. The van der Waals surface area contributed by atoms with Crippen LogP contribution < -0.4 is 16.0 Å². The minimum absolute atomic E-state index is 0.0640. The third-order valence-corrected chi connectivity index (χ3v) is 7.92. The standard InChI is InChI=1S/C11H23NO2.C10H16N2O3S.C4H5NO3/c1-3-5-7-9-12-10(11(13)14)8-6-4-2;13-8(14)4-2-1-3-7-9-6(5-16-7)11-10(15)12-9;6-3-1-2-4(7)5(3)8/h10,12H,3-9H2,1-2H3,(H,13,14);6-7,9H,1-5H2,(H,13,14)(H2,11,12,15);8H,1-2H2/t;6-,7-,9-;/m.0./s1. The van der Waals surface area contributed by atoms with E-state index >= 15 is 0 Å². The first-order valence-electron chi connectivity index (χ1n) is 13.5. The van der Waals surface area contributed by atoms with Crippen LogP contribution in [0.4, 0.5) is 4.79 Å². The van der Waals surface area contributed by atoms with Gasteiger partial charge in [-0.15, -0.1) is 0 Å². The normalized spacial score (nSPS) is 22.4. The highest BCUT2D eigenvalue weighted by Gasteiger charge is 2.42. The van der Waals surface area contributed by atoms with Crippen molar-refractivity contribution in [2.24, 2.45) is 0 Å². The predicted octanol–water partition coefficient (Wildman–Crippen LogP) is 2.73. The maximum absolute atomic E-state index is 11.1. The van der Waals surface area contributed by atoms with Crippen LogP contribution in [0.1, 0.15) is 90.9 Å². The summed E-state index contributed by atoms with van der Waals surface area (Å²) in [6, 6.07) is 0.0990. The molecule has 1 unspecified atom stereocenters. The first kappa shape index (κ1) is 33.6. The van der Waals surface area contributed by atoms with Crippen LogP contribution in [0.25, 0.3) is 0 Å². The molecule has 12 nitrogen and oxygen atoms in total. The molecule has 3 saturated heterocycles. The zero-order valence-electron chi connectivity index (χ0n) is 22.4. The fraction of sp³-hybridized carbons (Fsp3) is 0.800. The Morgan fingerprint density at radius 3 is 2.18 bits per heavy atom. The summed E-state index contributed by atoms with van der Waals surface area (Å²) in [6.07, 6.45) is 9.39. The average molecular weight is 561 g/mol. The van der Waals surface area contributed by atoms with Gasteiger partial charge in [0, 0.05) is 30.3 Å². The van der Waals surface area contributed by atoms with Gasteiger partial charge in [-0.1, -0.05) is 46.0 Å². The number of amides is 4. The van der Waals surface area contributed by atoms with Gasteiger partial charge < -0.3 is 26.2 Å². The van der Waals surface area contributed by atoms with Crippen LogP contribution in [0.5, 0.6) is 0 Å². The van der Waals surface area contributed by atoms with E-state index in [2.05, 4.69) is 29.8 Å². The largest absolute Gasteiger partial charge is 0.481 e. The number of carbonyl (C=O) groups excluding carboxylic acids is 3. The molecule has 218 valence electrons. The van der Waals surface area contributed by atoms with Crippen molar-refractivity contribution in [3.05, 3.63) is 0 Å². The first-order valence-corrected chi connectivity index (χ1v) is 14.6. The number of rotatable bonds is 14. The quantitative estimate of drug-likeness (QED) is 0.0798.